The van der Waals surface area contributed by atoms with Crippen molar-refractivity contribution >= 4 is 34.3 Å². The Morgan fingerprint density at radius 3 is 3.16 bits per heavy atom. The minimum atomic E-state index is -0.0858. The fraction of sp³-hybridized carbons (Fsp3) is 0.214. The lowest BCUT2D eigenvalue weighted by molar-refractivity contribution is 0.0958. The predicted molar refractivity (Wildman–Crippen MR) is 81.2 cm³/mol. The number of nitrogen functional groups attached to an aromatic ring is 1. The Morgan fingerprint density at radius 1 is 1.53 bits per heavy atom. The fourth-order valence-electron chi connectivity index (χ4n) is 1.79. The Bertz CT molecular complexity index is 627. The first-order chi connectivity index (χ1) is 9.22. The van der Waals surface area contributed by atoms with E-state index in [1.165, 1.54) is 0 Å². The summed E-state index contributed by atoms with van der Waals surface area (Å²) in [6.45, 7) is 0.604. The molecule has 0 aliphatic heterocycles. The van der Waals surface area contributed by atoms with Gasteiger partial charge in [0.2, 0.25) is 0 Å². The lowest BCUT2D eigenvalue weighted by atomic mass is 10.1. The van der Waals surface area contributed by atoms with Crippen molar-refractivity contribution in [3.8, 4) is 12.3 Å². The molecule has 0 aliphatic rings. The predicted octanol–water partition coefficient (Wildman–Crippen LogP) is 1.85. The first kappa shape index (κ1) is 13.4. The third-order valence-electron chi connectivity index (χ3n) is 2.67. The molecule has 0 fully saturated rings. The van der Waals surface area contributed by atoms with Crippen LogP contribution in [0.3, 0.4) is 0 Å². The number of H-pyrrole nitrogens is 1. The van der Waals surface area contributed by atoms with Gasteiger partial charge in [0.05, 0.1) is 11.3 Å². The summed E-state index contributed by atoms with van der Waals surface area (Å²) in [7, 11) is 0. The molecular weight excluding hydrogens is 258 g/mol. The number of aromatic nitrogens is 1. The lowest BCUT2D eigenvalue weighted by Crippen LogP contribution is -2.25. The third-order valence-corrected chi connectivity index (χ3v) is 3.53. The number of benzene rings is 1. The number of nitrogens with one attached hydrogen (secondary N) is 2. The van der Waals surface area contributed by atoms with Gasteiger partial charge in [-0.05, 0) is 18.2 Å². The first-order valence-corrected chi connectivity index (χ1v) is 7.04. The van der Waals surface area contributed by atoms with Gasteiger partial charge in [-0.2, -0.15) is 0 Å². The van der Waals surface area contributed by atoms with Crippen LogP contribution in [0.25, 0.3) is 10.9 Å². The molecule has 4 N–H and O–H groups in total. The molecule has 98 valence electrons. The summed E-state index contributed by atoms with van der Waals surface area (Å²) in [5.41, 5.74) is 7.87. The van der Waals surface area contributed by atoms with Crippen molar-refractivity contribution in [1.82, 2.24) is 10.3 Å². The fourth-order valence-corrected chi connectivity index (χ4v) is 2.30. The highest BCUT2D eigenvalue weighted by Gasteiger charge is 2.11. The van der Waals surface area contributed by atoms with Gasteiger partial charge in [0.1, 0.15) is 0 Å². The molecule has 1 amide bonds. The SMILES string of the molecule is C#CCSCCNC(=O)c1c[nH]c2cc(N)ccc12. The number of thioether (sulfide) groups is 1. The Labute approximate surface area is 116 Å². The van der Waals surface area contributed by atoms with Crippen molar-refractivity contribution < 1.29 is 4.79 Å². The van der Waals surface area contributed by atoms with E-state index in [4.69, 9.17) is 12.2 Å². The van der Waals surface area contributed by atoms with E-state index in [0.29, 0.717) is 23.5 Å². The van der Waals surface area contributed by atoms with E-state index in [1.807, 2.05) is 12.1 Å². The summed E-state index contributed by atoms with van der Waals surface area (Å²) in [6.07, 6.45) is 6.85. The number of anilines is 1. The van der Waals surface area contributed by atoms with Crippen LogP contribution in [0.2, 0.25) is 0 Å². The zero-order valence-electron chi connectivity index (χ0n) is 10.4. The molecule has 1 aromatic carbocycles. The average Bonchev–Trinajstić information content (AvgIpc) is 2.81. The van der Waals surface area contributed by atoms with Gasteiger partial charge in [-0.3, -0.25) is 4.79 Å². The number of carbonyl (C=O) groups excluding carboxylic acids is 1. The number of nitrogens with two attached hydrogens (primary N) is 1. The van der Waals surface area contributed by atoms with Crippen molar-refractivity contribution in [2.75, 3.05) is 23.8 Å². The second kappa shape index (κ2) is 6.21. The van der Waals surface area contributed by atoms with Crippen LogP contribution in [0.5, 0.6) is 0 Å². The molecular formula is C14H15N3OS. The summed E-state index contributed by atoms with van der Waals surface area (Å²) in [6, 6.07) is 5.45. The molecule has 19 heavy (non-hydrogen) atoms. The minimum absolute atomic E-state index is 0.0858. The molecule has 4 nitrogen and oxygen atoms in total. The molecule has 0 unspecified atom stereocenters. The summed E-state index contributed by atoms with van der Waals surface area (Å²) in [4.78, 5) is 15.1. The van der Waals surface area contributed by atoms with Crippen LogP contribution in [-0.4, -0.2) is 28.9 Å². The topological polar surface area (TPSA) is 70.9 Å². The zero-order chi connectivity index (χ0) is 13.7. The molecule has 0 spiro atoms. The van der Waals surface area contributed by atoms with Crippen LogP contribution in [0.1, 0.15) is 10.4 Å². The second-order valence-electron chi connectivity index (χ2n) is 4.02. The van der Waals surface area contributed by atoms with Crippen molar-refractivity contribution in [1.29, 1.82) is 0 Å². The van der Waals surface area contributed by atoms with Gasteiger partial charge in [-0.25, -0.2) is 0 Å². The quantitative estimate of drug-likeness (QED) is 0.442. The zero-order valence-corrected chi connectivity index (χ0v) is 11.2. The number of terminal acetylenes is 1. The Morgan fingerprint density at radius 2 is 2.37 bits per heavy atom. The van der Waals surface area contributed by atoms with Crippen LogP contribution >= 0.6 is 11.8 Å². The highest BCUT2D eigenvalue weighted by Crippen LogP contribution is 2.20. The Balaban J connectivity index is 2.00. The molecule has 2 rings (SSSR count). The van der Waals surface area contributed by atoms with E-state index in [1.54, 1.807) is 24.0 Å². The van der Waals surface area contributed by atoms with E-state index >= 15 is 0 Å². The van der Waals surface area contributed by atoms with Crippen molar-refractivity contribution in [2.24, 2.45) is 0 Å². The van der Waals surface area contributed by atoms with Crippen LogP contribution in [0, 0.1) is 12.3 Å². The smallest absolute Gasteiger partial charge is 0.253 e. The standard InChI is InChI=1S/C14H15N3OS/c1-2-6-19-7-5-16-14(18)12-9-17-13-8-10(15)3-4-11(12)13/h1,3-4,8-9,17H,5-7,15H2,(H,16,18). The number of hydrogen-bond acceptors (Lipinski definition) is 3. The number of hydrogen-bond donors (Lipinski definition) is 3. The maximum Gasteiger partial charge on any atom is 0.253 e. The normalized spacial score (nSPS) is 10.3. The molecule has 0 bridgehead atoms. The molecule has 5 heteroatoms. The molecule has 2 aromatic rings. The number of aromatic amines is 1. The summed E-state index contributed by atoms with van der Waals surface area (Å²) < 4.78 is 0. The third kappa shape index (κ3) is 3.24. The Kier molecular flexibility index (Phi) is 4.37. The summed E-state index contributed by atoms with van der Waals surface area (Å²) >= 11 is 1.62. The van der Waals surface area contributed by atoms with Crippen molar-refractivity contribution in [2.45, 2.75) is 0 Å². The van der Waals surface area contributed by atoms with Crippen molar-refractivity contribution in [3.63, 3.8) is 0 Å². The molecule has 1 heterocycles. The molecule has 0 saturated heterocycles. The van der Waals surface area contributed by atoms with Gasteiger partial charge in [-0.15, -0.1) is 18.2 Å². The van der Waals surface area contributed by atoms with E-state index in [0.717, 1.165) is 16.7 Å². The van der Waals surface area contributed by atoms with Gasteiger partial charge >= 0.3 is 0 Å². The van der Waals surface area contributed by atoms with Gasteiger partial charge < -0.3 is 16.0 Å². The monoisotopic (exact) mass is 273 g/mol. The lowest BCUT2D eigenvalue weighted by Gasteiger charge is -2.03. The number of rotatable bonds is 5. The van der Waals surface area contributed by atoms with Crippen LogP contribution in [0.15, 0.2) is 24.4 Å². The second-order valence-corrected chi connectivity index (χ2v) is 5.13. The Hall–Kier alpha value is -2.06. The summed E-state index contributed by atoms with van der Waals surface area (Å²) in [5, 5.41) is 3.75. The van der Waals surface area contributed by atoms with Crippen LogP contribution in [-0.2, 0) is 0 Å². The first-order valence-electron chi connectivity index (χ1n) is 5.88. The van der Waals surface area contributed by atoms with Crippen LogP contribution < -0.4 is 11.1 Å². The number of fused-ring (bicyclic) bond motifs is 1. The van der Waals surface area contributed by atoms with Crippen LogP contribution in [0.4, 0.5) is 5.69 Å². The minimum Gasteiger partial charge on any atom is -0.399 e. The summed E-state index contributed by atoms with van der Waals surface area (Å²) in [5.74, 6) is 3.94. The molecule has 0 aliphatic carbocycles. The van der Waals surface area contributed by atoms with Gasteiger partial charge in [0.15, 0.2) is 0 Å². The van der Waals surface area contributed by atoms with E-state index in [2.05, 4.69) is 16.2 Å². The van der Waals surface area contributed by atoms with E-state index in [-0.39, 0.29) is 5.91 Å². The van der Waals surface area contributed by atoms with Crippen molar-refractivity contribution in [3.05, 3.63) is 30.0 Å². The van der Waals surface area contributed by atoms with Gasteiger partial charge in [-0.1, -0.05) is 5.92 Å². The average molecular weight is 273 g/mol. The molecule has 1 aromatic heterocycles. The molecule has 0 radical (unpaired) electrons. The van der Waals surface area contributed by atoms with Gasteiger partial charge in [0, 0.05) is 35.1 Å². The highest BCUT2D eigenvalue weighted by atomic mass is 32.2. The molecule has 0 atom stereocenters. The maximum atomic E-state index is 12.0. The number of carbonyl (C=O) groups is 1. The number of amides is 1. The van der Waals surface area contributed by atoms with E-state index in [9.17, 15) is 4.79 Å². The maximum absolute atomic E-state index is 12.0. The highest BCUT2D eigenvalue weighted by molar-refractivity contribution is 7.99. The van der Waals surface area contributed by atoms with E-state index < -0.39 is 0 Å². The van der Waals surface area contributed by atoms with Gasteiger partial charge in [0.25, 0.3) is 5.91 Å². The molecule has 0 saturated carbocycles. The largest absolute Gasteiger partial charge is 0.399 e.